The van der Waals surface area contributed by atoms with Crippen LogP contribution >= 0.6 is 0 Å². The number of pyridine rings is 2. The molecule has 29 heavy (non-hydrogen) atoms. The maximum atomic E-state index is 13.0. The zero-order chi connectivity index (χ0) is 20.1. The lowest BCUT2D eigenvalue weighted by molar-refractivity contribution is 0.0740. The Kier molecular flexibility index (Phi) is 5.60. The summed E-state index contributed by atoms with van der Waals surface area (Å²) in [7, 11) is 0. The third-order valence-corrected chi connectivity index (χ3v) is 4.82. The average Bonchev–Trinajstić information content (AvgIpc) is 2.78. The highest BCUT2D eigenvalue weighted by molar-refractivity contribution is 5.93. The summed E-state index contributed by atoms with van der Waals surface area (Å²) < 4.78 is 0. The average molecular weight is 389 g/mol. The summed E-state index contributed by atoms with van der Waals surface area (Å²) >= 11 is 0. The molecule has 4 rings (SSSR count). The van der Waals surface area contributed by atoms with Gasteiger partial charge in [-0.1, -0.05) is 6.07 Å². The standard InChI is InChI=1S/C21H23N7O/c1-16-25-18(14-19(26-16)24-15-17-5-8-22-9-6-17)21(29)28-12-10-27(11-13-28)20-4-2-3-7-23-20/h2-9,14H,10-13,15H2,1H3,(H,24,25,26). The highest BCUT2D eigenvalue weighted by atomic mass is 16.2. The Morgan fingerprint density at radius 3 is 2.55 bits per heavy atom. The number of amides is 1. The van der Waals surface area contributed by atoms with E-state index in [9.17, 15) is 4.79 Å². The van der Waals surface area contributed by atoms with Gasteiger partial charge in [0.2, 0.25) is 0 Å². The number of nitrogens with one attached hydrogen (secondary N) is 1. The molecule has 0 radical (unpaired) electrons. The molecule has 0 unspecified atom stereocenters. The summed E-state index contributed by atoms with van der Waals surface area (Å²) in [6.07, 6.45) is 5.29. The molecule has 8 heteroatoms. The van der Waals surface area contributed by atoms with Crippen LogP contribution in [0.1, 0.15) is 21.9 Å². The fourth-order valence-electron chi connectivity index (χ4n) is 3.30. The van der Waals surface area contributed by atoms with E-state index in [0.717, 1.165) is 24.5 Å². The summed E-state index contributed by atoms with van der Waals surface area (Å²) in [5.74, 6) is 2.09. The third-order valence-electron chi connectivity index (χ3n) is 4.82. The van der Waals surface area contributed by atoms with Gasteiger partial charge in [-0.05, 0) is 36.8 Å². The topological polar surface area (TPSA) is 87.1 Å². The van der Waals surface area contributed by atoms with Crippen molar-refractivity contribution in [2.75, 3.05) is 36.4 Å². The van der Waals surface area contributed by atoms with Gasteiger partial charge in [-0.3, -0.25) is 9.78 Å². The van der Waals surface area contributed by atoms with E-state index in [1.54, 1.807) is 31.6 Å². The number of aryl methyl sites for hydroxylation is 1. The summed E-state index contributed by atoms with van der Waals surface area (Å²) in [5.41, 5.74) is 1.51. The van der Waals surface area contributed by atoms with Crippen molar-refractivity contribution in [3.05, 3.63) is 72.1 Å². The number of carbonyl (C=O) groups excluding carboxylic acids is 1. The van der Waals surface area contributed by atoms with Crippen molar-refractivity contribution < 1.29 is 4.79 Å². The predicted molar refractivity (Wildman–Crippen MR) is 111 cm³/mol. The Bertz CT molecular complexity index is 957. The second kappa shape index (κ2) is 8.64. The smallest absolute Gasteiger partial charge is 0.272 e. The molecule has 1 fully saturated rings. The number of carbonyl (C=O) groups is 1. The molecule has 0 aromatic carbocycles. The first-order valence-electron chi connectivity index (χ1n) is 9.63. The molecule has 8 nitrogen and oxygen atoms in total. The van der Waals surface area contributed by atoms with Gasteiger partial charge in [0, 0.05) is 57.4 Å². The zero-order valence-electron chi connectivity index (χ0n) is 16.3. The Morgan fingerprint density at radius 2 is 1.83 bits per heavy atom. The van der Waals surface area contributed by atoms with Crippen LogP contribution in [0.5, 0.6) is 0 Å². The monoisotopic (exact) mass is 389 g/mol. The van der Waals surface area contributed by atoms with Crippen LogP contribution in [0.4, 0.5) is 11.6 Å². The second-order valence-electron chi connectivity index (χ2n) is 6.86. The van der Waals surface area contributed by atoms with E-state index < -0.39 is 0 Å². The van der Waals surface area contributed by atoms with Crippen LogP contribution in [0, 0.1) is 6.92 Å². The lowest BCUT2D eigenvalue weighted by Gasteiger charge is -2.35. The van der Waals surface area contributed by atoms with Crippen LogP contribution in [-0.4, -0.2) is 56.9 Å². The lowest BCUT2D eigenvalue weighted by atomic mass is 10.2. The SMILES string of the molecule is Cc1nc(NCc2ccncc2)cc(C(=O)N2CCN(c3ccccn3)CC2)n1. The van der Waals surface area contributed by atoms with Crippen LogP contribution in [0.2, 0.25) is 0 Å². The highest BCUT2D eigenvalue weighted by Crippen LogP contribution is 2.15. The molecule has 0 aliphatic carbocycles. The number of anilines is 2. The van der Waals surface area contributed by atoms with Crippen LogP contribution in [0.15, 0.2) is 55.0 Å². The summed E-state index contributed by atoms with van der Waals surface area (Å²) in [6, 6.07) is 11.5. The number of hydrogen-bond donors (Lipinski definition) is 1. The molecule has 0 spiro atoms. The molecular formula is C21H23N7O. The molecule has 1 N–H and O–H groups in total. The highest BCUT2D eigenvalue weighted by Gasteiger charge is 2.24. The molecule has 1 aliphatic heterocycles. The molecule has 0 bridgehead atoms. The van der Waals surface area contributed by atoms with Gasteiger partial charge < -0.3 is 15.1 Å². The molecule has 4 heterocycles. The number of piperazine rings is 1. The van der Waals surface area contributed by atoms with Crippen LogP contribution < -0.4 is 10.2 Å². The van der Waals surface area contributed by atoms with Gasteiger partial charge >= 0.3 is 0 Å². The summed E-state index contributed by atoms with van der Waals surface area (Å²) in [5, 5.41) is 3.26. The van der Waals surface area contributed by atoms with Crippen molar-refractivity contribution in [3.8, 4) is 0 Å². The maximum Gasteiger partial charge on any atom is 0.272 e. The van der Waals surface area contributed by atoms with Gasteiger partial charge in [0.1, 0.15) is 23.2 Å². The Morgan fingerprint density at radius 1 is 1.03 bits per heavy atom. The minimum atomic E-state index is -0.0665. The van der Waals surface area contributed by atoms with E-state index in [2.05, 4.69) is 30.2 Å². The largest absolute Gasteiger partial charge is 0.366 e. The summed E-state index contributed by atoms with van der Waals surface area (Å²) in [6.45, 7) is 5.18. The fourth-order valence-corrected chi connectivity index (χ4v) is 3.30. The minimum Gasteiger partial charge on any atom is -0.366 e. The van der Waals surface area contributed by atoms with E-state index >= 15 is 0 Å². The van der Waals surface area contributed by atoms with Gasteiger partial charge in [-0.25, -0.2) is 15.0 Å². The third kappa shape index (κ3) is 4.66. The quantitative estimate of drug-likeness (QED) is 0.715. The molecule has 148 valence electrons. The van der Waals surface area contributed by atoms with Crippen LogP contribution in [-0.2, 0) is 6.54 Å². The van der Waals surface area contributed by atoms with Gasteiger partial charge in [0.05, 0.1) is 0 Å². The Labute approximate surface area is 169 Å². The maximum absolute atomic E-state index is 13.0. The van der Waals surface area contributed by atoms with E-state index in [0.29, 0.717) is 37.0 Å². The molecule has 1 saturated heterocycles. The van der Waals surface area contributed by atoms with Crippen molar-refractivity contribution in [1.82, 2.24) is 24.8 Å². The minimum absolute atomic E-state index is 0.0665. The van der Waals surface area contributed by atoms with Crippen molar-refractivity contribution >= 4 is 17.5 Å². The van der Waals surface area contributed by atoms with E-state index in [1.807, 2.05) is 35.2 Å². The van der Waals surface area contributed by atoms with Crippen LogP contribution in [0.3, 0.4) is 0 Å². The first-order valence-corrected chi connectivity index (χ1v) is 9.63. The first-order chi connectivity index (χ1) is 14.2. The van der Waals surface area contributed by atoms with E-state index in [4.69, 9.17) is 0 Å². The number of rotatable bonds is 5. The van der Waals surface area contributed by atoms with Crippen LogP contribution in [0.25, 0.3) is 0 Å². The molecule has 3 aromatic rings. The molecule has 1 aliphatic rings. The molecule has 1 amide bonds. The fraction of sp³-hybridized carbons (Fsp3) is 0.286. The Balaban J connectivity index is 1.40. The molecule has 0 saturated carbocycles. The normalized spacial score (nSPS) is 14.0. The van der Waals surface area contributed by atoms with Crippen molar-refractivity contribution in [3.63, 3.8) is 0 Å². The second-order valence-corrected chi connectivity index (χ2v) is 6.86. The number of aromatic nitrogens is 4. The number of nitrogens with zero attached hydrogens (tertiary/aromatic N) is 6. The van der Waals surface area contributed by atoms with E-state index in [1.165, 1.54) is 0 Å². The molecule has 0 atom stereocenters. The lowest BCUT2D eigenvalue weighted by Crippen LogP contribution is -2.49. The van der Waals surface area contributed by atoms with E-state index in [-0.39, 0.29) is 5.91 Å². The molecule has 3 aromatic heterocycles. The summed E-state index contributed by atoms with van der Waals surface area (Å²) in [4.78, 5) is 34.2. The predicted octanol–water partition coefficient (Wildman–Crippen LogP) is 2.15. The first kappa shape index (κ1) is 18.8. The van der Waals surface area contributed by atoms with Crippen molar-refractivity contribution in [2.24, 2.45) is 0 Å². The van der Waals surface area contributed by atoms with Gasteiger partial charge in [0.25, 0.3) is 5.91 Å². The molecular weight excluding hydrogens is 366 g/mol. The zero-order valence-corrected chi connectivity index (χ0v) is 16.3. The number of hydrogen-bond acceptors (Lipinski definition) is 7. The van der Waals surface area contributed by atoms with Crippen molar-refractivity contribution in [2.45, 2.75) is 13.5 Å². The van der Waals surface area contributed by atoms with Gasteiger partial charge in [-0.15, -0.1) is 0 Å². The van der Waals surface area contributed by atoms with Gasteiger partial charge in [0.15, 0.2) is 0 Å². The Hall–Kier alpha value is -3.55. The van der Waals surface area contributed by atoms with Gasteiger partial charge in [-0.2, -0.15) is 0 Å². The van der Waals surface area contributed by atoms with Crippen molar-refractivity contribution in [1.29, 1.82) is 0 Å².